The van der Waals surface area contributed by atoms with Crippen molar-refractivity contribution in [3.63, 3.8) is 0 Å². The Bertz CT molecular complexity index is 990. The molecule has 2 aromatic carbocycles. The van der Waals surface area contributed by atoms with Crippen molar-refractivity contribution in [3.8, 4) is 5.75 Å². The molecule has 0 radical (unpaired) electrons. The van der Waals surface area contributed by atoms with Crippen LogP contribution < -0.4 is 10.1 Å². The van der Waals surface area contributed by atoms with Crippen molar-refractivity contribution in [1.29, 1.82) is 0 Å². The number of nitrogens with one attached hydrogen (secondary N) is 1. The van der Waals surface area contributed by atoms with E-state index >= 15 is 0 Å². The Morgan fingerprint density at radius 1 is 1.22 bits per heavy atom. The lowest BCUT2D eigenvalue weighted by molar-refractivity contribution is -0.118. The lowest BCUT2D eigenvalue weighted by Crippen LogP contribution is -2.25. The Labute approximate surface area is 158 Å². The molecule has 27 heavy (non-hydrogen) atoms. The monoisotopic (exact) mass is 381 g/mol. The molecule has 0 aliphatic carbocycles. The molecule has 1 aliphatic heterocycles. The van der Waals surface area contributed by atoms with Gasteiger partial charge in [0.15, 0.2) is 12.4 Å². The summed E-state index contributed by atoms with van der Waals surface area (Å²) in [5.41, 5.74) is 2.08. The van der Waals surface area contributed by atoms with Crippen LogP contribution >= 0.6 is 11.8 Å². The number of nitrogens with zero attached hydrogens (tertiary/aromatic N) is 4. The highest BCUT2D eigenvalue weighted by Gasteiger charge is 2.18. The molecule has 0 atom stereocenters. The van der Waals surface area contributed by atoms with E-state index in [0.29, 0.717) is 28.7 Å². The number of carbonyl (C=O) groups is 2. The van der Waals surface area contributed by atoms with Gasteiger partial charge >= 0.3 is 0 Å². The predicted octanol–water partition coefficient (Wildman–Crippen LogP) is 2.03. The molecule has 0 spiro atoms. The summed E-state index contributed by atoms with van der Waals surface area (Å²) in [5.74, 6) is 0.423. The number of hydrogen-bond donors (Lipinski definition) is 1. The SMILES string of the molecule is O=C1COc2ccc(C(=O)CSc3nnnn3Cc3ccccc3)cc2N1. The molecule has 0 saturated heterocycles. The number of anilines is 1. The summed E-state index contributed by atoms with van der Waals surface area (Å²) >= 11 is 1.27. The molecule has 8 nitrogen and oxygen atoms in total. The van der Waals surface area contributed by atoms with E-state index in [1.165, 1.54) is 11.8 Å². The van der Waals surface area contributed by atoms with Crippen LogP contribution in [0.15, 0.2) is 53.7 Å². The predicted molar refractivity (Wildman–Crippen MR) is 99.0 cm³/mol. The quantitative estimate of drug-likeness (QED) is 0.515. The van der Waals surface area contributed by atoms with Crippen LogP contribution in [-0.4, -0.2) is 44.3 Å². The van der Waals surface area contributed by atoms with Gasteiger partial charge in [-0.15, -0.1) is 5.10 Å². The van der Waals surface area contributed by atoms with E-state index in [4.69, 9.17) is 4.74 Å². The molecule has 0 unspecified atom stereocenters. The first-order valence-corrected chi connectivity index (χ1v) is 9.20. The molecule has 4 rings (SSSR count). The number of rotatable bonds is 6. The first-order chi connectivity index (χ1) is 13.2. The zero-order valence-electron chi connectivity index (χ0n) is 14.2. The van der Waals surface area contributed by atoms with Crippen molar-refractivity contribution in [3.05, 3.63) is 59.7 Å². The summed E-state index contributed by atoms with van der Waals surface area (Å²) in [4.78, 5) is 24.0. The Balaban J connectivity index is 1.42. The number of thioether (sulfide) groups is 1. The Kier molecular flexibility index (Phi) is 4.84. The van der Waals surface area contributed by atoms with Crippen LogP contribution in [-0.2, 0) is 11.3 Å². The van der Waals surface area contributed by atoms with Gasteiger partial charge in [0, 0.05) is 5.56 Å². The van der Waals surface area contributed by atoms with Crippen LogP contribution in [0.3, 0.4) is 0 Å². The van der Waals surface area contributed by atoms with Gasteiger partial charge < -0.3 is 10.1 Å². The van der Waals surface area contributed by atoms with Crippen molar-refractivity contribution in [2.24, 2.45) is 0 Å². The lowest BCUT2D eigenvalue weighted by atomic mass is 10.1. The summed E-state index contributed by atoms with van der Waals surface area (Å²) in [5, 5.41) is 15.0. The molecular weight excluding hydrogens is 366 g/mol. The highest BCUT2D eigenvalue weighted by Crippen LogP contribution is 2.29. The Morgan fingerprint density at radius 3 is 2.93 bits per heavy atom. The van der Waals surface area contributed by atoms with Gasteiger partial charge in [0.05, 0.1) is 18.0 Å². The van der Waals surface area contributed by atoms with E-state index in [2.05, 4.69) is 20.8 Å². The fourth-order valence-electron chi connectivity index (χ4n) is 2.63. The third-order valence-electron chi connectivity index (χ3n) is 3.94. The first-order valence-electron chi connectivity index (χ1n) is 8.22. The summed E-state index contributed by atoms with van der Waals surface area (Å²) in [6.07, 6.45) is 0. The number of aromatic nitrogens is 4. The van der Waals surface area contributed by atoms with Gasteiger partial charge in [-0.3, -0.25) is 9.59 Å². The molecule has 0 fully saturated rings. The summed E-state index contributed by atoms with van der Waals surface area (Å²) in [6.45, 7) is 0.521. The van der Waals surface area contributed by atoms with Crippen molar-refractivity contribution < 1.29 is 14.3 Å². The third-order valence-corrected chi connectivity index (χ3v) is 4.90. The van der Waals surface area contributed by atoms with E-state index in [1.807, 2.05) is 30.3 Å². The van der Waals surface area contributed by atoms with Gasteiger partial charge in [-0.1, -0.05) is 42.1 Å². The second-order valence-corrected chi connectivity index (χ2v) is 6.81. The van der Waals surface area contributed by atoms with Crippen LogP contribution in [0.2, 0.25) is 0 Å². The number of tetrazole rings is 1. The van der Waals surface area contributed by atoms with E-state index in [1.54, 1.807) is 22.9 Å². The van der Waals surface area contributed by atoms with Crippen molar-refractivity contribution in [2.45, 2.75) is 11.7 Å². The molecule has 1 aliphatic rings. The van der Waals surface area contributed by atoms with E-state index in [9.17, 15) is 9.59 Å². The van der Waals surface area contributed by atoms with Crippen LogP contribution in [0.5, 0.6) is 5.75 Å². The van der Waals surface area contributed by atoms with Gasteiger partial charge in [0.25, 0.3) is 5.91 Å². The minimum Gasteiger partial charge on any atom is -0.482 e. The van der Waals surface area contributed by atoms with Crippen molar-refractivity contribution >= 4 is 29.1 Å². The van der Waals surface area contributed by atoms with Crippen molar-refractivity contribution in [2.75, 3.05) is 17.7 Å². The molecule has 1 N–H and O–H groups in total. The topological polar surface area (TPSA) is 99.0 Å². The van der Waals surface area contributed by atoms with Crippen LogP contribution in [0.25, 0.3) is 0 Å². The molecule has 3 aromatic rings. The standard InChI is InChI=1S/C18H15N5O3S/c24-15(13-6-7-16-14(8-13)19-17(25)10-26-16)11-27-18-20-21-22-23(18)9-12-4-2-1-3-5-12/h1-8H,9-11H2,(H,19,25). The largest absolute Gasteiger partial charge is 0.482 e. The average molecular weight is 381 g/mol. The molecule has 9 heteroatoms. The molecule has 1 aromatic heterocycles. The van der Waals surface area contributed by atoms with E-state index in [0.717, 1.165) is 5.56 Å². The number of amides is 1. The maximum atomic E-state index is 12.5. The number of carbonyl (C=O) groups excluding carboxylic acids is 2. The van der Waals surface area contributed by atoms with Gasteiger partial charge in [-0.25, -0.2) is 4.68 Å². The molecule has 136 valence electrons. The maximum absolute atomic E-state index is 12.5. The smallest absolute Gasteiger partial charge is 0.262 e. The number of Topliss-reactive ketones (excluding diaryl/α,β-unsaturated/α-hetero) is 1. The summed E-state index contributed by atoms with van der Waals surface area (Å²) in [6, 6.07) is 14.8. The van der Waals surface area contributed by atoms with E-state index in [-0.39, 0.29) is 24.1 Å². The normalized spacial score (nSPS) is 12.8. The Morgan fingerprint density at radius 2 is 2.07 bits per heavy atom. The molecule has 2 heterocycles. The van der Waals surface area contributed by atoms with Gasteiger partial charge in [-0.05, 0) is 34.2 Å². The number of hydrogen-bond acceptors (Lipinski definition) is 7. The van der Waals surface area contributed by atoms with E-state index < -0.39 is 0 Å². The highest BCUT2D eigenvalue weighted by molar-refractivity contribution is 7.99. The number of ether oxygens (including phenoxy) is 1. The maximum Gasteiger partial charge on any atom is 0.262 e. The minimum atomic E-state index is -0.235. The molecule has 0 saturated carbocycles. The molecular formula is C18H15N5O3S. The second-order valence-electron chi connectivity index (χ2n) is 5.86. The second kappa shape index (κ2) is 7.58. The first kappa shape index (κ1) is 17.2. The zero-order valence-corrected chi connectivity index (χ0v) is 15.0. The van der Waals surface area contributed by atoms with Crippen LogP contribution in [0, 0.1) is 0 Å². The highest BCUT2D eigenvalue weighted by atomic mass is 32.2. The summed E-state index contributed by atoms with van der Waals surface area (Å²) < 4.78 is 6.96. The van der Waals surface area contributed by atoms with Gasteiger partial charge in [-0.2, -0.15) is 0 Å². The lowest BCUT2D eigenvalue weighted by Gasteiger charge is -2.18. The third kappa shape index (κ3) is 3.98. The number of ketones is 1. The van der Waals surface area contributed by atoms with Crippen molar-refractivity contribution in [1.82, 2.24) is 20.2 Å². The van der Waals surface area contributed by atoms with Crippen LogP contribution in [0.1, 0.15) is 15.9 Å². The Hall–Kier alpha value is -3.20. The van der Waals surface area contributed by atoms with Gasteiger partial charge in [0.2, 0.25) is 5.16 Å². The van der Waals surface area contributed by atoms with Crippen LogP contribution in [0.4, 0.5) is 5.69 Å². The zero-order chi connectivity index (χ0) is 18.6. The van der Waals surface area contributed by atoms with Gasteiger partial charge in [0.1, 0.15) is 5.75 Å². The fraction of sp³-hybridized carbons (Fsp3) is 0.167. The number of fused-ring (bicyclic) bond motifs is 1. The minimum absolute atomic E-state index is 0.0137. The fourth-order valence-corrected chi connectivity index (χ4v) is 3.40. The average Bonchev–Trinajstić information content (AvgIpc) is 3.13. The summed E-state index contributed by atoms with van der Waals surface area (Å²) in [7, 11) is 0. The number of benzene rings is 2. The molecule has 1 amide bonds. The molecule has 0 bridgehead atoms.